The van der Waals surface area contributed by atoms with Crippen LogP contribution in [-0.2, 0) is 0 Å². The molecule has 0 spiro atoms. The van der Waals surface area contributed by atoms with Crippen LogP contribution >= 0.6 is 22.6 Å². The van der Waals surface area contributed by atoms with E-state index in [0.717, 1.165) is 3.70 Å². The molecule has 14 heavy (non-hydrogen) atoms. The van der Waals surface area contributed by atoms with Crippen LogP contribution in [0.4, 0.5) is 4.79 Å². The Hall–Kier alpha value is -0.120. The van der Waals surface area contributed by atoms with E-state index in [-0.39, 0.29) is 30.1 Å². The summed E-state index contributed by atoms with van der Waals surface area (Å²) in [5.74, 6) is 0.543. The number of carbonyl (C=O) groups is 1. The van der Waals surface area contributed by atoms with Crippen molar-refractivity contribution < 1.29 is 38.5 Å². The van der Waals surface area contributed by atoms with Crippen LogP contribution in [0, 0.1) is 3.70 Å². The fourth-order valence-electron chi connectivity index (χ4n) is 0.665. The highest BCUT2D eigenvalue weighted by molar-refractivity contribution is 14.1. The van der Waals surface area contributed by atoms with Gasteiger partial charge in [-0.2, -0.15) is 0 Å². The van der Waals surface area contributed by atoms with Crippen molar-refractivity contribution in [2.24, 2.45) is 0 Å². The summed E-state index contributed by atoms with van der Waals surface area (Å²) in [6.45, 7) is 0. The number of amides is 1. The first-order valence-electron chi connectivity index (χ1n) is 3.66. The summed E-state index contributed by atoms with van der Waals surface area (Å²) in [5.41, 5.74) is 0. The molecule has 1 rings (SSSR count). The number of hydrogen-bond donors (Lipinski definition) is 0. The third-order valence-electron chi connectivity index (χ3n) is 1.33. The Kier molecular flexibility index (Phi) is 6.33. The van der Waals surface area contributed by atoms with Gasteiger partial charge in [0.1, 0.15) is 0 Å². The first-order chi connectivity index (χ1) is 6.11. The Balaban J connectivity index is 0.00000169. The minimum atomic E-state index is -0.377. The maximum absolute atomic E-state index is 11.2. The Morgan fingerprint density at radius 1 is 1.57 bits per heavy atom. The van der Waals surface area contributed by atoms with Crippen molar-refractivity contribution in [2.45, 2.75) is 0 Å². The van der Waals surface area contributed by atoms with Gasteiger partial charge in [-0.25, -0.2) is 9.78 Å². The van der Waals surface area contributed by atoms with Gasteiger partial charge in [-0.05, 0) is 6.07 Å². The molecule has 1 aromatic rings. The van der Waals surface area contributed by atoms with Crippen LogP contribution in [0.1, 0.15) is 0 Å². The minimum absolute atomic E-state index is 0. The van der Waals surface area contributed by atoms with E-state index in [4.69, 9.17) is 4.74 Å². The maximum Gasteiger partial charge on any atom is 0.414 e. The van der Waals surface area contributed by atoms with Crippen molar-refractivity contribution in [1.29, 1.82) is 0 Å². The number of rotatable bonds is 1. The largest absolute Gasteiger partial charge is 1.00 e. The smallest absolute Gasteiger partial charge is 0.414 e. The first kappa shape index (κ1) is 13.9. The molecule has 78 valence electrons. The second kappa shape index (κ2) is 6.38. The number of hydrogen-bond acceptors (Lipinski definition) is 2. The van der Waals surface area contributed by atoms with Gasteiger partial charge in [0.25, 0.3) is 3.70 Å². The van der Waals surface area contributed by atoms with Gasteiger partial charge in [-0.15, -0.1) is 0 Å². The molecule has 0 aromatic carbocycles. The number of aromatic nitrogens is 1. The van der Waals surface area contributed by atoms with E-state index in [2.05, 4.69) is 27.6 Å². The molecule has 6 heteroatoms. The summed E-state index contributed by atoms with van der Waals surface area (Å²) in [5, 5.41) is 0. The molecular weight excluding hydrogens is 410 g/mol. The van der Waals surface area contributed by atoms with Crippen LogP contribution in [0.2, 0.25) is 0 Å². The van der Waals surface area contributed by atoms with Gasteiger partial charge in [-0.1, -0.05) is 0 Å². The Morgan fingerprint density at radius 3 is 2.71 bits per heavy atom. The molecule has 1 heterocycles. The SMILES string of the molecule is CN(C)C(=O)Oc1ccc[nH+]c1I.[I-]. The lowest BCUT2D eigenvalue weighted by atomic mass is 10.5. The Morgan fingerprint density at radius 2 is 2.21 bits per heavy atom. The lowest BCUT2D eigenvalue weighted by Gasteiger charge is -2.09. The molecule has 0 atom stereocenters. The van der Waals surface area contributed by atoms with Gasteiger partial charge in [0, 0.05) is 42.8 Å². The van der Waals surface area contributed by atoms with E-state index < -0.39 is 0 Å². The molecule has 1 aromatic heterocycles. The van der Waals surface area contributed by atoms with E-state index in [1.165, 1.54) is 4.90 Å². The van der Waals surface area contributed by atoms with Crippen molar-refractivity contribution in [3.8, 4) is 5.75 Å². The van der Waals surface area contributed by atoms with Crippen LogP contribution in [0.25, 0.3) is 0 Å². The molecule has 1 N–H and O–H groups in total. The van der Waals surface area contributed by atoms with Crippen LogP contribution < -0.4 is 33.7 Å². The number of ether oxygens (including phenoxy) is 1. The number of aromatic amines is 1. The molecule has 0 fully saturated rings. The highest BCUT2D eigenvalue weighted by Crippen LogP contribution is 2.15. The number of carbonyl (C=O) groups excluding carboxylic acids is 1. The van der Waals surface area contributed by atoms with Gasteiger partial charge in [0.05, 0.1) is 0 Å². The summed E-state index contributed by atoms with van der Waals surface area (Å²) in [7, 11) is 3.28. The third kappa shape index (κ3) is 3.95. The van der Waals surface area contributed by atoms with Crippen LogP contribution in [-0.4, -0.2) is 25.1 Å². The highest BCUT2D eigenvalue weighted by atomic mass is 127. The molecule has 0 aliphatic carbocycles. The predicted octanol–water partition coefficient (Wildman–Crippen LogP) is -1.83. The van der Waals surface area contributed by atoms with E-state index in [9.17, 15) is 4.79 Å². The van der Waals surface area contributed by atoms with Crippen molar-refractivity contribution in [3.63, 3.8) is 0 Å². The number of H-pyrrole nitrogens is 1. The van der Waals surface area contributed by atoms with Crippen molar-refractivity contribution in [3.05, 3.63) is 22.0 Å². The molecule has 4 nitrogen and oxygen atoms in total. The summed E-state index contributed by atoms with van der Waals surface area (Å²) < 4.78 is 5.86. The van der Waals surface area contributed by atoms with E-state index in [1.54, 1.807) is 32.4 Å². The van der Waals surface area contributed by atoms with E-state index in [0.29, 0.717) is 5.75 Å². The normalized spacial score (nSPS) is 8.79. The Labute approximate surface area is 113 Å². The fourth-order valence-corrected chi connectivity index (χ4v) is 1.13. The lowest BCUT2D eigenvalue weighted by Crippen LogP contribution is -3.00. The lowest BCUT2D eigenvalue weighted by molar-refractivity contribution is -0.395. The van der Waals surface area contributed by atoms with Gasteiger partial charge >= 0.3 is 6.09 Å². The zero-order chi connectivity index (χ0) is 9.84. The topological polar surface area (TPSA) is 43.7 Å². The standard InChI is InChI=1S/C8H9IN2O2.HI/c1-11(2)8(12)13-6-4-3-5-10-7(6)9;/h3-5H,1-2H3;1H. The number of nitrogens with one attached hydrogen (secondary N) is 1. The second-order valence-electron chi connectivity index (χ2n) is 2.61. The average molecular weight is 420 g/mol. The summed E-state index contributed by atoms with van der Waals surface area (Å²) in [6, 6.07) is 3.51. The molecule has 1 amide bonds. The van der Waals surface area contributed by atoms with Gasteiger partial charge < -0.3 is 33.6 Å². The molecule has 0 radical (unpaired) electrons. The van der Waals surface area contributed by atoms with E-state index in [1.807, 2.05) is 0 Å². The zero-order valence-corrected chi connectivity index (χ0v) is 12.1. The number of nitrogens with zero attached hydrogens (tertiary/aromatic N) is 1. The molecule has 0 aliphatic rings. The average Bonchev–Trinajstić information content (AvgIpc) is 2.08. The quantitative estimate of drug-likeness (QED) is 0.397. The summed E-state index contributed by atoms with van der Waals surface area (Å²) >= 11 is 2.07. The molecule has 0 unspecified atom stereocenters. The third-order valence-corrected chi connectivity index (χ3v) is 2.18. The van der Waals surface area contributed by atoms with Crippen molar-refractivity contribution in [2.75, 3.05) is 14.1 Å². The number of halogens is 2. The van der Waals surface area contributed by atoms with Gasteiger partial charge in [0.15, 0.2) is 6.20 Å². The van der Waals surface area contributed by atoms with Crippen LogP contribution in [0.3, 0.4) is 0 Å². The predicted molar refractivity (Wildman–Crippen MR) is 55.4 cm³/mol. The van der Waals surface area contributed by atoms with Crippen LogP contribution in [0.15, 0.2) is 18.3 Å². The van der Waals surface area contributed by atoms with Crippen molar-refractivity contribution >= 4 is 28.7 Å². The molecule has 0 saturated heterocycles. The Bertz CT molecular complexity index is 318. The first-order valence-corrected chi connectivity index (χ1v) is 4.74. The molecule has 0 saturated carbocycles. The summed E-state index contributed by atoms with van der Waals surface area (Å²) in [6.07, 6.45) is 1.40. The second-order valence-corrected chi connectivity index (χ2v) is 3.69. The summed E-state index contributed by atoms with van der Waals surface area (Å²) in [4.78, 5) is 15.5. The fraction of sp³-hybridized carbons (Fsp3) is 0.250. The molecule has 0 bridgehead atoms. The van der Waals surface area contributed by atoms with Crippen LogP contribution in [0.5, 0.6) is 5.75 Å². The molecule has 0 aliphatic heterocycles. The highest BCUT2D eigenvalue weighted by Gasteiger charge is 2.12. The zero-order valence-electron chi connectivity index (χ0n) is 7.75. The number of pyridine rings is 1. The van der Waals surface area contributed by atoms with Crippen molar-refractivity contribution in [1.82, 2.24) is 4.90 Å². The minimum Gasteiger partial charge on any atom is -1.00 e. The van der Waals surface area contributed by atoms with Gasteiger partial charge in [0.2, 0.25) is 5.75 Å². The molecular formula is C8H10I2N2O2. The monoisotopic (exact) mass is 420 g/mol. The maximum atomic E-state index is 11.2. The van der Waals surface area contributed by atoms with Gasteiger partial charge in [-0.3, -0.25) is 0 Å². The van der Waals surface area contributed by atoms with E-state index >= 15 is 0 Å².